The van der Waals surface area contributed by atoms with Crippen molar-refractivity contribution in [1.82, 2.24) is 10.2 Å². The molecule has 0 aliphatic rings. The summed E-state index contributed by atoms with van der Waals surface area (Å²) in [4.78, 5) is 3.89. The van der Waals surface area contributed by atoms with Gasteiger partial charge in [0.15, 0.2) is 0 Å². The molecule has 0 unspecified atom stereocenters. The molecule has 0 fully saturated rings. The molecule has 0 spiro atoms. The van der Waals surface area contributed by atoms with Crippen LogP contribution in [0.1, 0.15) is 35.8 Å². The summed E-state index contributed by atoms with van der Waals surface area (Å²) in [6.45, 7) is 9.27. The Morgan fingerprint density at radius 3 is 2.75 bits per heavy atom. The normalized spacial score (nSPS) is 11.7. The first-order chi connectivity index (χ1) is 9.60. The summed E-state index contributed by atoms with van der Waals surface area (Å²) in [5.41, 5.74) is 1.29. The van der Waals surface area contributed by atoms with Crippen molar-refractivity contribution in [2.45, 2.75) is 46.4 Å². The maximum Gasteiger partial charge on any atom is 0.118 e. The van der Waals surface area contributed by atoms with Crippen molar-refractivity contribution in [3.05, 3.63) is 45.5 Å². The molecule has 3 nitrogen and oxygen atoms in total. The minimum Gasteiger partial charge on any atom is -0.465 e. The van der Waals surface area contributed by atoms with E-state index in [0.29, 0.717) is 6.04 Å². The van der Waals surface area contributed by atoms with Crippen LogP contribution in [0.25, 0.3) is 0 Å². The van der Waals surface area contributed by atoms with Crippen LogP contribution in [0.15, 0.2) is 28.0 Å². The monoisotopic (exact) mass is 292 g/mol. The van der Waals surface area contributed by atoms with Crippen molar-refractivity contribution in [2.75, 3.05) is 7.05 Å². The maximum absolute atomic E-state index is 5.78. The Morgan fingerprint density at radius 1 is 1.35 bits per heavy atom. The summed E-state index contributed by atoms with van der Waals surface area (Å²) < 4.78 is 5.78. The minimum absolute atomic E-state index is 0.513. The molecule has 0 saturated heterocycles. The van der Waals surface area contributed by atoms with Gasteiger partial charge in [0.1, 0.15) is 11.5 Å². The van der Waals surface area contributed by atoms with Crippen LogP contribution < -0.4 is 5.32 Å². The van der Waals surface area contributed by atoms with Crippen molar-refractivity contribution >= 4 is 11.3 Å². The third kappa shape index (κ3) is 3.95. The molecule has 0 amide bonds. The first-order valence-electron chi connectivity index (χ1n) is 7.09. The van der Waals surface area contributed by atoms with Crippen LogP contribution in [0.2, 0.25) is 0 Å². The summed E-state index contributed by atoms with van der Waals surface area (Å²) in [6.07, 6.45) is 0. The fraction of sp³-hybridized carbons (Fsp3) is 0.500. The van der Waals surface area contributed by atoms with E-state index in [4.69, 9.17) is 4.42 Å². The Balaban J connectivity index is 2.07. The number of furan rings is 1. The van der Waals surface area contributed by atoms with Gasteiger partial charge in [0.05, 0.1) is 6.54 Å². The molecule has 2 heterocycles. The average molecular weight is 292 g/mol. The summed E-state index contributed by atoms with van der Waals surface area (Å²) >= 11 is 1.82. The van der Waals surface area contributed by atoms with Crippen LogP contribution in [0.3, 0.4) is 0 Å². The predicted octanol–water partition coefficient (Wildman–Crippen LogP) is 3.78. The number of hydrogen-bond acceptors (Lipinski definition) is 4. The van der Waals surface area contributed by atoms with Gasteiger partial charge < -0.3 is 9.73 Å². The van der Waals surface area contributed by atoms with E-state index in [0.717, 1.165) is 31.2 Å². The lowest BCUT2D eigenvalue weighted by Crippen LogP contribution is -2.29. The van der Waals surface area contributed by atoms with E-state index in [9.17, 15) is 0 Å². The zero-order chi connectivity index (χ0) is 14.5. The van der Waals surface area contributed by atoms with Crippen molar-refractivity contribution < 1.29 is 4.42 Å². The molecule has 0 bridgehead atoms. The van der Waals surface area contributed by atoms with Gasteiger partial charge in [-0.3, -0.25) is 4.90 Å². The lowest BCUT2D eigenvalue weighted by Gasteiger charge is -2.25. The summed E-state index contributed by atoms with van der Waals surface area (Å²) in [6, 6.07) is 7.01. The zero-order valence-electron chi connectivity index (χ0n) is 12.8. The van der Waals surface area contributed by atoms with Crippen LogP contribution in [0, 0.1) is 6.92 Å². The highest BCUT2D eigenvalue weighted by Crippen LogP contribution is 2.21. The highest BCUT2D eigenvalue weighted by molar-refractivity contribution is 7.09. The largest absolute Gasteiger partial charge is 0.465 e. The van der Waals surface area contributed by atoms with E-state index < -0.39 is 0 Å². The second-order valence-corrected chi connectivity index (χ2v) is 6.43. The van der Waals surface area contributed by atoms with Gasteiger partial charge >= 0.3 is 0 Å². The number of rotatable bonds is 7. The van der Waals surface area contributed by atoms with Crippen LogP contribution in [0.4, 0.5) is 0 Å². The van der Waals surface area contributed by atoms with Crippen LogP contribution in [-0.4, -0.2) is 18.0 Å². The van der Waals surface area contributed by atoms with Crippen molar-refractivity contribution in [2.24, 2.45) is 0 Å². The van der Waals surface area contributed by atoms with E-state index in [2.05, 4.69) is 54.6 Å². The molecule has 0 aromatic carbocycles. The van der Waals surface area contributed by atoms with Gasteiger partial charge in [0.25, 0.3) is 0 Å². The van der Waals surface area contributed by atoms with Gasteiger partial charge in [0.2, 0.25) is 0 Å². The van der Waals surface area contributed by atoms with E-state index in [1.165, 1.54) is 10.4 Å². The highest BCUT2D eigenvalue weighted by atomic mass is 32.1. The van der Waals surface area contributed by atoms with E-state index in [1.807, 2.05) is 18.4 Å². The van der Waals surface area contributed by atoms with Crippen LogP contribution in [-0.2, 0) is 19.6 Å². The summed E-state index contributed by atoms with van der Waals surface area (Å²) in [7, 11) is 1.94. The number of aryl methyl sites for hydroxylation is 1. The van der Waals surface area contributed by atoms with E-state index in [1.54, 1.807) is 0 Å². The van der Waals surface area contributed by atoms with Gasteiger partial charge in [-0.2, -0.15) is 0 Å². The topological polar surface area (TPSA) is 28.4 Å². The van der Waals surface area contributed by atoms with Gasteiger partial charge in [-0.05, 0) is 45.3 Å². The second kappa shape index (κ2) is 7.07. The molecule has 2 rings (SSSR count). The number of hydrogen-bond donors (Lipinski definition) is 1. The molecule has 110 valence electrons. The SMILES string of the molecule is CNCc1cc(CN(Cc2cccs2)C(C)C)c(C)o1. The molecule has 2 aromatic rings. The maximum atomic E-state index is 5.78. The third-order valence-corrected chi connectivity index (χ3v) is 4.33. The number of nitrogens with zero attached hydrogens (tertiary/aromatic N) is 1. The van der Waals surface area contributed by atoms with Gasteiger partial charge in [-0.15, -0.1) is 11.3 Å². The second-order valence-electron chi connectivity index (χ2n) is 5.40. The van der Waals surface area contributed by atoms with Gasteiger partial charge in [-0.25, -0.2) is 0 Å². The van der Waals surface area contributed by atoms with Gasteiger partial charge in [0, 0.05) is 29.6 Å². The van der Waals surface area contributed by atoms with Crippen molar-refractivity contribution in [3.8, 4) is 0 Å². The Kier molecular flexibility index (Phi) is 5.40. The summed E-state index contributed by atoms with van der Waals surface area (Å²) in [5.74, 6) is 2.05. The Labute approximate surface area is 125 Å². The van der Waals surface area contributed by atoms with E-state index >= 15 is 0 Å². The molecule has 0 aliphatic heterocycles. The molecule has 0 aliphatic carbocycles. The van der Waals surface area contributed by atoms with Crippen molar-refractivity contribution in [3.63, 3.8) is 0 Å². The Bertz CT molecular complexity index is 517. The Hall–Kier alpha value is -1.10. The third-order valence-electron chi connectivity index (χ3n) is 3.47. The predicted molar refractivity (Wildman–Crippen MR) is 84.9 cm³/mol. The highest BCUT2D eigenvalue weighted by Gasteiger charge is 2.15. The first-order valence-corrected chi connectivity index (χ1v) is 7.97. The molecule has 1 N–H and O–H groups in total. The minimum atomic E-state index is 0.513. The van der Waals surface area contributed by atoms with Gasteiger partial charge in [-0.1, -0.05) is 6.07 Å². The number of nitrogens with one attached hydrogen (secondary N) is 1. The molecule has 0 atom stereocenters. The fourth-order valence-electron chi connectivity index (χ4n) is 2.25. The zero-order valence-corrected chi connectivity index (χ0v) is 13.6. The Morgan fingerprint density at radius 2 is 2.15 bits per heavy atom. The molecule has 4 heteroatoms. The lowest BCUT2D eigenvalue weighted by atomic mass is 10.2. The molecule has 0 saturated carbocycles. The molecule has 20 heavy (non-hydrogen) atoms. The van der Waals surface area contributed by atoms with Crippen LogP contribution >= 0.6 is 11.3 Å². The fourth-order valence-corrected chi connectivity index (χ4v) is 2.98. The lowest BCUT2D eigenvalue weighted by molar-refractivity contribution is 0.204. The molecule has 0 radical (unpaired) electrons. The molecule has 2 aromatic heterocycles. The summed E-state index contributed by atoms with van der Waals surface area (Å²) in [5, 5.41) is 5.27. The molecular weight excluding hydrogens is 268 g/mol. The standard InChI is InChI=1S/C16H24N2OS/c1-12(2)18(11-16-6-5-7-20-16)10-14-8-15(9-17-4)19-13(14)3/h5-8,12,17H,9-11H2,1-4H3. The average Bonchev–Trinajstić information content (AvgIpc) is 3.00. The first kappa shape index (κ1) is 15.3. The smallest absolute Gasteiger partial charge is 0.118 e. The van der Waals surface area contributed by atoms with E-state index in [-0.39, 0.29) is 0 Å². The number of thiophene rings is 1. The molecular formula is C16H24N2OS. The van der Waals surface area contributed by atoms with Crippen molar-refractivity contribution in [1.29, 1.82) is 0 Å². The quantitative estimate of drug-likeness (QED) is 0.842. The van der Waals surface area contributed by atoms with Crippen LogP contribution in [0.5, 0.6) is 0 Å².